The maximum Gasteiger partial charge on any atom is 0.303 e. The van der Waals surface area contributed by atoms with Gasteiger partial charge in [0.05, 0.1) is 0 Å². The summed E-state index contributed by atoms with van der Waals surface area (Å²) in [4.78, 5) is 49.9. The third kappa shape index (κ3) is 4.40. The molecule has 2 heterocycles. The molecule has 0 aliphatic carbocycles. The van der Waals surface area contributed by atoms with E-state index in [9.17, 15) is 19.2 Å². The predicted molar refractivity (Wildman–Crippen MR) is 88.5 cm³/mol. The Hall–Kier alpha value is -1.77. The maximum absolute atomic E-state index is 12.7. The average Bonchev–Trinajstić information content (AvgIpc) is 3.03. The van der Waals surface area contributed by atoms with E-state index in [1.165, 1.54) is 0 Å². The summed E-state index contributed by atoms with van der Waals surface area (Å²) in [6.07, 6.45) is 3.48. The van der Waals surface area contributed by atoms with E-state index < -0.39 is 30.0 Å². The summed E-state index contributed by atoms with van der Waals surface area (Å²) in [7, 11) is 0. The SMILES string of the molecule is CSCC[C@@H]1NC(=O)[C@H](CCC(=O)O)NC(=O)[C@@H]2CCCN2C1=O. The van der Waals surface area contributed by atoms with Crippen LogP contribution in [0.5, 0.6) is 0 Å². The van der Waals surface area contributed by atoms with Crippen LogP contribution < -0.4 is 10.6 Å². The largest absolute Gasteiger partial charge is 0.481 e. The number of hydrogen-bond acceptors (Lipinski definition) is 5. The molecule has 3 amide bonds. The first-order valence-corrected chi connectivity index (χ1v) is 9.45. The van der Waals surface area contributed by atoms with Crippen molar-refractivity contribution in [1.82, 2.24) is 15.5 Å². The zero-order valence-electron chi connectivity index (χ0n) is 13.6. The van der Waals surface area contributed by atoms with Gasteiger partial charge in [-0.15, -0.1) is 0 Å². The molecule has 2 fully saturated rings. The van der Waals surface area contributed by atoms with Gasteiger partial charge in [0.2, 0.25) is 17.7 Å². The number of nitrogens with one attached hydrogen (secondary N) is 2. The summed E-state index contributed by atoms with van der Waals surface area (Å²) in [6, 6.07) is -2.18. The Bertz CT molecular complexity index is 527. The molecule has 0 aromatic heterocycles. The number of hydrogen-bond donors (Lipinski definition) is 3. The second-order valence-electron chi connectivity index (χ2n) is 6.03. The van der Waals surface area contributed by atoms with Crippen molar-refractivity contribution in [1.29, 1.82) is 0 Å². The number of carbonyl (C=O) groups is 4. The van der Waals surface area contributed by atoms with Gasteiger partial charge in [0, 0.05) is 13.0 Å². The van der Waals surface area contributed by atoms with Gasteiger partial charge < -0.3 is 20.6 Å². The van der Waals surface area contributed by atoms with Crippen LogP contribution in [0.3, 0.4) is 0 Å². The molecule has 24 heavy (non-hydrogen) atoms. The van der Waals surface area contributed by atoms with Crippen LogP contribution in [-0.2, 0) is 19.2 Å². The van der Waals surface area contributed by atoms with E-state index in [0.29, 0.717) is 25.1 Å². The number of amides is 3. The lowest BCUT2D eigenvalue weighted by atomic mass is 10.1. The molecular formula is C15H23N3O5S. The molecular weight excluding hydrogens is 334 g/mol. The van der Waals surface area contributed by atoms with E-state index in [2.05, 4.69) is 10.6 Å². The van der Waals surface area contributed by atoms with Crippen molar-refractivity contribution in [3.8, 4) is 0 Å². The minimum atomic E-state index is -1.03. The van der Waals surface area contributed by atoms with E-state index >= 15 is 0 Å². The zero-order chi connectivity index (χ0) is 17.7. The third-order valence-corrected chi connectivity index (χ3v) is 4.99. The first-order valence-electron chi connectivity index (χ1n) is 8.06. The van der Waals surface area contributed by atoms with E-state index in [0.717, 1.165) is 6.42 Å². The Balaban J connectivity index is 2.22. The Labute approximate surface area is 144 Å². The van der Waals surface area contributed by atoms with Gasteiger partial charge >= 0.3 is 5.97 Å². The van der Waals surface area contributed by atoms with Crippen LogP contribution in [0.2, 0.25) is 0 Å². The highest BCUT2D eigenvalue weighted by Gasteiger charge is 2.40. The Morgan fingerprint density at radius 2 is 1.92 bits per heavy atom. The van der Waals surface area contributed by atoms with Gasteiger partial charge in [0.15, 0.2) is 0 Å². The van der Waals surface area contributed by atoms with Gasteiger partial charge in [0.1, 0.15) is 18.1 Å². The van der Waals surface area contributed by atoms with E-state index in [4.69, 9.17) is 5.11 Å². The van der Waals surface area contributed by atoms with Crippen LogP contribution in [0.4, 0.5) is 0 Å². The number of fused-ring (bicyclic) bond motifs is 1. The summed E-state index contributed by atoms with van der Waals surface area (Å²) in [5, 5.41) is 14.1. The van der Waals surface area contributed by atoms with Crippen molar-refractivity contribution in [2.75, 3.05) is 18.6 Å². The van der Waals surface area contributed by atoms with Crippen LogP contribution in [0.25, 0.3) is 0 Å². The fraction of sp³-hybridized carbons (Fsp3) is 0.733. The monoisotopic (exact) mass is 357 g/mol. The molecule has 9 heteroatoms. The standard InChI is InChI=1S/C15H23N3O5S/c1-24-8-6-10-15(23)18-7-2-3-11(18)14(22)16-9(13(21)17-10)4-5-12(19)20/h9-11H,2-8H2,1H3,(H,16,22)(H,17,21)(H,19,20)/t9-,10-,11-/m0/s1. The summed E-state index contributed by atoms with van der Waals surface area (Å²) in [5.74, 6) is -1.43. The molecule has 0 spiro atoms. The Morgan fingerprint density at radius 3 is 2.58 bits per heavy atom. The molecule has 0 radical (unpaired) electrons. The topological polar surface area (TPSA) is 116 Å². The number of carboxylic acid groups (broad SMARTS) is 1. The number of nitrogens with zero attached hydrogens (tertiary/aromatic N) is 1. The zero-order valence-corrected chi connectivity index (χ0v) is 14.4. The Morgan fingerprint density at radius 1 is 1.21 bits per heavy atom. The molecule has 3 atom stereocenters. The number of carboxylic acids is 1. The molecule has 2 saturated heterocycles. The van der Waals surface area contributed by atoms with Crippen LogP contribution in [0.15, 0.2) is 0 Å². The molecule has 8 nitrogen and oxygen atoms in total. The first-order chi connectivity index (χ1) is 11.4. The van der Waals surface area contributed by atoms with E-state index in [-0.39, 0.29) is 24.7 Å². The van der Waals surface area contributed by atoms with Gasteiger partial charge in [-0.25, -0.2) is 0 Å². The van der Waals surface area contributed by atoms with E-state index in [1.54, 1.807) is 16.7 Å². The van der Waals surface area contributed by atoms with Gasteiger partial charge in [-0.05, 0) is 37.7 Å². The molecule has 3 N–H and O–H groups in total. The summed E-state index contributed by atoms with van der Waals surface area (Å²) >= 11 is 1.57. The van der Waals surface area contributed by atoms with Crippen molar-refractivity contribution in [3.63, 3.8) is 0 Å². The van der Waals surface area contributed by atoms with Gasteiger partial charge in [-0.2, -0.15) is 11.8 Å². The van der Waals surface area contributed by atoms with Crippen LogP contribution in [0.1, 0.15) is 32.1 Å². The first kappa shape index (κ1) is 18.6. The van der Waals surface area contributed by atoms with Crippen molar-refractivity contribution in [3.05, 3.63) is 0 Å². The molecule has 0 aromatic rings. The number of thioether (sulfide) groups is 1. The maximum atomic E-state index is 12.7. The van der Waals surface area contributed by atoms with Crippen molar-refractivity contribution < 1.29 is 24.3 Å². The van der Waals surface area contributed by atoms with Gasteiger partial charge in [0.25, 0.3) is 0 Å². The molecule has 0 bridgehead atoms. The molecule has 134 valence electrons. The minimum Gasteiger partial charge on any atom is -0.481 e. The normalized spacial score (nSPS) is 27.6. The highest BCUT2D eigenvalue weighted by molar-refractivity contribution is 7.98. The smallest absolute Gasteiger partial charge is 0.303 e. The quantitative estimate of drug-likeness (QED) is 0.595. The Kier molecular flexibility index (Phi) is 6.47. The number of carbonyl (C=O) groups excluding carboxylic acids is 3. The average molecular weight is 357 g/mol. The lowest BCUT2D eigenvalue weighted by Gasteiger charge is -2.26. The van der Waals surface area contributed by atoms with Crippen LogP contribution >= 0.6 is 11.8 Å². The second-order valence-corrected chi connectivity index (χ2v) is 7.01. The fourth-order valence-electron chi connectivity index (χ4n) is 3.07. The minimum absolute atomic E-state index is 0.00304. The molecule has 2 aliphatic rings. The van der Waals surface area contributed by atoms with Gasteiger partial charge in [-0.3, -0.25) is 19.2 Å². The second kappa shape index (κ2) is 8.36. The highest BCUT2D eigenvalue weighted by Crippen LogP contribution is 2.21. The number of aliphatic carboxylic acids is 1. The van der Waals surface area contributed by atoms with Crippen LogP contribution in [-0.4, -0.2) is 70.4 Å². The predicted octanol–water partition coefficient (Wildman–Crippen LogP) is -0.421. The number of rotatable bonds is 6. The summed E-state index contributed by atoms with van der Waals surface area (Å²) in [5.41, 5.74) is 0. The van der Waals surface area contributed by atoms with Crippen molar-refractivity contribution >= 4 is 35.5 Å². The molecule has 0 saturated carbocycles. The van der Waals surface area contributed by atoms with Gasteiger partial charge in [-0.1, -0.05) is 0 Å². The van der Waals surface area contributed by atoms with Crippen molar-refractivity contribution in [2.24, 2.45) is 0 Å². The third-order valence-electron chi connectivity index (χ3n) is 4.34. The summed E-state index contributed by atoms with van der Waals surface area (Å²) < 4.78 is 0. The molecule has 0 aromatic carbocycles. The highest BCUT2D eigenvalue weighted by atomic mass is 32.2. The van der Waals surface area contributed by atoms with Crippen LogP contribution in [0, 0.1) is 0 Å². The van der Waals surface area contributed by atoms with Crippen molar-refractivity contribution in [2.45, 2.75) is 50.2 Å². The molecule has 2 aliphatic heterocycles. The molecule has 2 rings (SSSR count). The van der Waals surface area contributed by atoms with E-state index in [1.807, 2.05) is 6.26 Å². The molecule has 0 unspecified atom stereocenters. The lowest BCUT2D eigenvalue weighted by molar-refractivity contribution is -0.139. The fourth-order valence-corrected chi connectivity index (χ4v) is 3.54. The summed E-state index contributed by atoms with van der Waals surface area (Å²) in [6.45, 7) is 0.502. The lowest BCUT2D eigenvalue weighted by Crippen LogP contribution is -2.51.